The first kappa shape index (κ1) is 14.7. The molecule has 0 saturated carbocycles. The molecule has 1 rings (SSSR count). The summed E-state index contributed by atoms with van der Waals surface area (Å²) in [4.78, 5) is 12.4. The van der Waals surface area contributed by atoms with Gasteiger partial charge in [0.05, 0.1) is 19.6 Å². The number of thioether (sulfide) groups is 1. The molecule has 17 heavy (non-hydrogen) atoms. The number of likely N-dealkylation sites (tertiary alicyclic amines) is 1. The highest BCUT2D eigenvalue weighted by molar-refractivity contribution is 7.98. The molecular weight excluding hydrogens is 245 g/mol. The fourth-order valence-electron chi connectivity index (χ4n) is 2.05. The highest BCUT2D eigenvalue weighted by atomic mass is 32.2. The summed E-state index contributed by atoms with van der Waals surface area (Å²) in [6.45, 7) is 2.02. The quantitative estimate of drug-likeness (QED) is 0.706. The van der Waals surface area contributed by atoms with Crippen LogP contribution in [-0.4, -0.2) is 60.6 Å². The molecule has 0 aromatic rings. The van der Waals surface area contributed by atoms with Crippen LogP contribution in [0.1, 0.15) is 12.8 Å². The molecule has 0 aromatic heterocycles. The first-order valence-electron chi connectivity index (χ1n) is 5.76. The van der Waals surface area contributed by atoms with Gasteiger partial charge < -0.3 is 9.84 Å². The van der Waals surface area contributed by atoms with Crippen LogP contribution in [0.25, 0.3) is 0 Å². The maximum Gasteiger partial charge on any atom is 0.305 e. The fourth-order valence-corrected chi connectivity index (χ4v) is 2.62. The molecule has 2 atom stereocenters. The number of ether oxygens (including phenoxy) is 1. The Bertz CT molecular complexity index is 243. The molecule has 0 spiro atoms. The lowest BCUT2D eigenvalue weighted by atomic mass is 9.98. The normalized spacial score (nSPS) is 26.0. The van der Waals surface area contributed by atoms with Gasteiger partial charge in [0.1, 0.15) is 6.17 Å². The van der Waals surface area contributed by atoms with Gasteiger partial charge in [-0.25, -0.2) is 4.39 Å². The van der Waals surface area contributed by atoms with E-state index < -0.39 is 12.1 Å². The Hall–Kier alpha value is -0.330. The van der Waals surface area contributed by atoms with Crippen molar-refractivity contribution in [3.8, 4) is 0 Å². The number of aliphatic carboxylic acids is 1. The minimum Gasteiger partial charge on any atom is -0.481 e. The lowest BCUT2D eigenvalue weighted by Crippen LogP contribution is -2.42. The van der Waals surface area contributed by atoms with Crippen LogP contribution in [0.3, 0.4) is 0 Å². The number of carboxylic acid groups (broad SMARTS) is 1. The Balaban J connectivity index is 2.20. The second-order valence-corrected chi connectivity index (χ2v) is 5.21. The van der Waals surface area contributed by atoms with Crippen molar-refractivity contribution in [2.24, 2.45) is 5.92 Å². The van der Waals surface area contributed by atoms with E-state index in [1.54, 1.807) is 11.8 Å². The number of piperidine rings is 1. The van der Waals surface area contributed by atoms with Gasteiger partial charge in [-0.05, 0) is 18.6 Å². The van der Waals surface area contributed by atoms with Crippen molar-refractivity contribution in [2.75, 3.05) is 38.4 Å². The molecule has 1 saturated heterocycles. The van der Waals surface area contributed by atoms with Crippen LogP contribution in [-0.2, 0) is 9.53 Å². The van der Waals surface area contributed by atoms with Crippen LogP contribution >= 0.6 is 11.8 Å². The average Bonchev–Trinajstić information content (AvgIpc) is 2.24. The number of halogens is 1. The van der Waals surface area contributed by atoms with E-state index in [1.807, 2.05) is 6.26 Å². The molecule has 0 radical (unpaired) electrons. The van der Waals surface area contributed by atoms with Gasteiger partial charge in [0, 0.05) is 19.0 Å². The summed E-state index contributed by atoms with van der Waals surface area (Å²) in [5.41, 5.74) is 0. The Morgan fingerprint density at radius 3 is 3.00 bits per heavy atom. The van der Waals surface area contributed by atoms with Crippen molar-refractivity contribution in [3.63, 3.8) is 0 Å². The number of carboxylic acids is 1. The summed E-state index contributed by atoms with van der Waals surface area (Å²) in [7, 11) is 0. The molecule has 1 heterocycles. The minimum absolute atomic E-state index is 0.0142. The van der Waals surface area contributed by atoms with Gasteiger partial charge in [-0.1, -0.05) is 0 Å². The summed E-state index contributed by atoms with van der Waals surface area (Å²) < 4.78 is 18.7. The zero-order valence-corrected chi connectivity index (χ0v) is 10.9. The number of hydrogen-bond acceptors (Lipinski definition) is 4. The smallest absolute Gasteiger partial charge is 0.305 e. The predicted molar refractivity (Wildman–Crippen MR) is 66.0 cm³/mol. The van der Waals surface area contributed by atoms with Gasteiger partial charge in [-0.3, -0.25) is 9.69 Å². The second-order valence-electron chi connectivity index (χ2n) is 4.37. The number of alkyl halides is 1. The van der Waals surface area contributed by atoms with Crippen LogP contribution in [0, 0.1) is 5.92 Å². The van der Waals surface area contributed by atoms with Gasteiger partial charge in [0.2, 0.25) is 0 Å². The number of rotatable bonds is 7. The molecular formula is C11H20FNO3S. The van der Waals surface area contributed by atoms with Crippen molar-refractivity contribution in [3.05, 3.63) is 0 Å². The molecule has 6 heteroatoms. The van der Waals surface area contributed by atoms with E-state index in [0.717, 1.165) is 12.4 Å². The predicted octanol–water partition coefficient (Wildman–Crippen LogP) is 1.46. The van der Waals surface area contributed by atoms with Crippen molar-refractivity contribution in [2.45, 2.75) is 19.0 Å². The third kappa shape index (κ3) is 6.24. The first-order valence-corrected chi connectivity index (χ1v) is 7.16. The fraction of sp³-hybridized carbons (Fsp3) is 0.909. The molecule has 0 bridgehead atoms. The minimum atomic E-state index is -0.860. The van der Waals surface area contributed by atoms with Crippen molar-refractivity contribution < 1.29 is 19.0 Å². The van der Waals surface area contributed by atoms with Gasteiger partial charge in [-0.2, -0.15) is 0 Å². The molecule has 0 aromatic carbocycles. The molecule has 1 fully saturated rings. The van der Waals surface area contributed by atoms with Crippen LogP contribution in [0.15, 0.2) is 0 Å². The van der Waals surface area contributed by atoms with E-state index in [9.17, 15) is 9.18 Å². The number of nitrogens with zero attached hydrogens (tertiary/aromatic N) is 1. The molecule has 1 aliphatic rings. The summed E-state index contributed by atoms with van der Waals surface area (Å²) in [5.74, 6) is 0.159. The molecule has 100 valence electrons. The van der Waals surface area contributed by atoms with Crippen LogP contribution in [0.2, 0.25) is 0 Å². The number of hydrogen-bond donors (Lipinski definition) is 1. The van der Waals surface area contributed by atoms with Gasteiger partial charge in [0.15, 0.2) is 0 Å². The first-order chi connectivity index (χ1) is 8.11. The molecule has 4 nitrogen and oxygen atoms in total. The molecule has 1 N–H and O–H groups in total. The standard InChI is InChI=1S/C11H20FNO3S/c1-17-8-13-5-9(4-10(12)6-13)7-16-3-2-11(14)15/h9-10H,2-8H2,1H3,(H,14,15). The topological polar surface area (TPSA) is 49.8 Å². The molecule has 0 amide bonds. The summed E-state index contributed by atoms with van der Waals surface area (Å²) in [5, 5.41) is 8.45. The van der Waals surface area contributed by atoms with Gasteiger partial charge >= 0.3 is 5.97 Å². The van der Waals surface area contributed by atoms with E-state index in [0.29, 0.717) is 19.6 Å². The zero-order chi connectivity index (χ0) is 12.7. The van der Waals surface area contributed by atoms with Crippen LogP contribution < -0.4 is 0 Å². The summed E-state index contributed by atoms with van der Waals surface area (Å²) in [6.07, 6.45) is 1.75. The summed E-state index contributed by atoms with van der Waals surface area (Å²) >= 11 is 1.69. The van der Waals surface area contributed by atoms with E-state index in [2.05, 4.69) is 4.90 Å². The zero-order valence-electron chi connectivity index (χ0n) is 10.1. The molecule has 2 unspecified atom stereocenters. The molecule has 1 aliphatic heterocycles. The lowest BCUT2D eigenvalue weighted by molar-refractivity contribution is -0.138. The molecule has 0 aliphatic carbocycles. The highest BCUT2D eigenvalue weighted by Gasteiger charge is 2.26. The largest absolute Gasteiger partial charge is 0.481 e. The average molecular weight is 265 g/mol. The Labute approximate surface area is 106 Å². The monoisotopic (exact) mass is 265 g/mol. The van der Waals surface area contributed by atoms with E-state index >= 15 is 0 Å². The third-order valence-electron chi connectivity index (χ3n) is 2.69. The SMILES string of the molecule is CSCN1CC(F)CC(COCCC(=O)O)C1. The maximum absolute atomic E-state index is 13.4. The number of carbonyl (C=O) groups is 1. The maximum atomic E-state index is 13.4. The van der Waals surface area contributed by atoms with Crippen LogP contribution in [0.5, 0.6) is 0 Å². The van der Waals surface area contributed by atoms with E-state index in [1.165, 1.54) is 0 Å². The Morgan fingerprint density at radius 1 is 1.59 bits per heavy atom. The van der Waals surface area contributed by atoms with E-state index in [-0.39, 0.29) is 18.9 Å². The Morgan fingerprint density at radius 2 is 2.35 bits per heavy atom. The Kier molecular flexibility index (Phi) is 6.84. The second kappa shape index (κ2) is 7.89. The van der Waals surface area contributed by atoms with Gasteiger partial charge in [0.25, 0.3) is 0 Å². The summed E-state index contributed by atoms with van der Waals surface area (Å²) in [6, 6.07) is 0. The highest BCUT2D eigenvalue weighted by Crippen LogP contribution is 2.20. The van der Waals surface area contributed by atoms with Crippen molar-refractivity contribution >= 4 is 17.7 Å². The van der Waals surface area contributed by atoms with Crippen LogP contribution in [0.4, 0.5) is 4.39 Å². The van der Waals surface area contributed by atoms with Crippen molar-refractivity contribution in [1.29, 1.82) is 0 Å². The van der Waals surface area contributed by atoms with Gasteiger partial charge in [-0.15, -0.1) is 11.8 Å². The van der Waals surface area contributed by atoms with Crippen molar-refractivity contribution in [1.82, 2.24) is 4.90 Å². The lowest BCUT2D eigenvalue weighted by Gasteiger charge is -2.34. The third-order valence-corrected chi connectivity index (χ3v) is 3.31. The van der Waals surface area contributed by atoms with E-state index in [4.69, 9.17) is 9.84 Å².